The Labute approximate surface area is 176 Å². The maximum absolute atomic E-state index is 13.1. The minimum Gasteiger partial charge on any atom is -0.494 e. The molecule has 0 spiro atoms. The molecule has 0 saturated heterocycles. The molecule has 1 heterocycles. The molecule has 30 heavy (non-hydrogen) atoms. The maximum Gasteiger partial charge on any atom is 0.322 e. The number of amides is 2. The summed E-state index contributed by atoms with van der Waals surface area (Å²) < 4.78 is 7.19. The number of rotatable bonds is 6. The second kappa shape index (κ2) is 8.18. The third-order valence-corrected chi connectivity index (χ3v) is 5.38. The van der Waals surface area contributed by atoms with E-state index in [0.29, 0.717) is 24.0 Å². The Kier molecular flexibility index (Phi) is 5.44. The van der Waals surface area contributed by atoms with E-state index in [2.05, 4.69) is 47.7 Å². The van der Waals surface area contributed by atoms with Crippen molar-refractivity contribution in [3.8, 4) is 11.4 Å². The third-order valence-electron chi connectivity index (χ3n) is 5.38. The summed E-state index contributed by atoms with van der Waals surface area (Å²) >= 11 is 0. The van der Waals surface area contributed by atoms with Crippen molar-refractivity contribution in [2.24, 2.45) is 0 Å². The number of methoxy groups -OCH3 is 1. The lowest BCUT2D eigenvalue weighted by atomic mass is 10.1. The van der Waals surface area contributed by atoms with Gasteiger partial charge in [0.2, 0.25) is 0 Å². The van der Waals surface area contributed by atoms with E-state index < -0.39 is 0 Å². The Balaban J connectivity index is 1.53. The number of carbonyl (C=O) groups excluding carboxylic acids is 1. The number of nitrogens with zero attached hydrogens (tertiary/aromatic N) is 4. The van der Waals surface area contributed by atoms with Crippen molar-refractivity contribution in [2.45, 2.75) is 46.2 Å². The Morgan fingerprint density at radius 1 is 1.20 bits per heavy atom. The highest BCUT2D eigenvalue weighted by atomic mass is 16.5. The molecule has 2 aromatic carbocycles. The number of ether oxygens (including phenoxy) is 1. The molecule has 0 bridgehead atoms. The molecular formula is C23H27N5O2. The van der Waals surface area contributed by atoms with Crippen molar-refractivity contribution in [1.29, 1.82) is 0 Å². The number of aromatic nitrogens is 3. The van der Waals surface area contributed by atoms with Crippen molar-refractivity contribution in [1.82, 2.24) is 19.9 Å². The fourth-order valence-corrected chi connectivity index (χ4v) is 3.51. The first-order valence-electron chi connectivity index (χ1n) is 10.2. The van der Waals surface area contributed by atoms with E-state index in [1.54, 1.807) is 11.8 Å². The summed E-state index contributed by atoms with van der Waals surface area (Å²) in [5, 5.41) is 11.2. The first-order chi connectivity index (χ1) is 14.4. The predicted octanol–water partition coefficient (Wildman–Crippen LogP) is 4.40. The fourth-order valence-electron chi connectivity index (χ4n) is 3.51. The second-order valence-electron chi connectivity index (χ2n) is 7.91. The van der Waals surface area contributed by atoms with E-state index in [1.807, 2.05) is 36.2 Å². The van der Waals surface area contributed by atoms with Gasteiger partial charge in [0.1, 0.15) is 11.4 Å². The molecule has 0 atom stereocenters. The highest BCUT2D eigenvalue weighted by molar-refractivity contribution is 5.90. The molecule has 2 amide bonds. The molecule has 7 nitrogen and oxygen atoms in total. The average molecular weight is 406 g/mol. The van der Waals surface area contributed by atoms with Crippen LogP contribution < -0.4 is 10.1 Å². The van der Waals surface area contributed by atoms with Gasteiger partial charge in [-0.2, -0.15) is 0 Å². The minimum atomic E-state index is -0.0928. The topological polar surface area (TPSA) is 72.3 Å². The lowest BCUT2D eigenvalue weighted by Crippen LogP contribution is -2.36. The number of carbonyl (C=O) groups is 1. The third kappa shape index (κ3) is 4.30. The number of anilines is 1. The molecular weight excluding hydrogens is 378 g/mol. The number of urea groups is 1. The monoisotopic (exact) mass is 405 g/mol. The zero-order valence-corrected chi connectivity index (χ0v) is 17.8. The van der Waals surface area contributed by atoms with Gasteiger partial charge in [0, 0.05) is 24.3 Å². The van der Waals surface area contributed by atoms with Crippen LogP contribution in [0.2, 0.25) is 0 Å². The Hall–Kier alpha value is -3.35. The number of hydrogen-bond donors (Lipinski definition) is 1. The van der Waals surface area contributed by atoms with Crippen LogP contribution in [0.4, 0.5) is 10.5 Å². The van der Waals surface area contributed by atoms with Gasteiger partial charge < -0.3 is 15.0 Å². The molecule has 1 aliphatic carbocycles. The number of benzene rings is 2. The second-order valence-corrected chi connectivity index (χ2v) is 7.91. The average Bonchev–Trinajstić information content (AvgIpc) is 3.48. The highest BCUT2D eigenvalue weighted by Gasteiger charge is 2.33. The molecule has 156 valence electrons. The quantitative estimate of drug-likeness (QED) is 0.660. The van der Waals surface area contributed by atoms with Crippen LogP contribution in [-0.2, 0) is 6.54 Å². The molecule has 1 fully saturated rings. The van der Waals surface area contributed by atoms with Gasteiger partial charge in [-0.05, 0) is 56.9 Å². The van der Waals surface area contributed by atoms with Crippen molar-refractivity contribution >= 4 is 11.7 Å². The Morgan fingerprint density at radius 3 is 2.67 bits per heavy atom. The summed E-state index contributed by atoms with van der Waals surface area (Å²) in [6.45, 7) is 6.66. The fraction of sp³-hybridized carbons (Fsp3) is 0.348. The lowest BCUT2D eigenvalue weighted by Gasteiger charge is -2.24. The zero-order valence-electron chi connectivity index (χ0n) is 17.8. The van der Waals surface area contributed by atoms with Gasteiger partial charge in [0.15, 0.2) is 0 Å². The zero-order chi connectivity index (χ0) is 21.3. The summed E-state index contributed by atoms with van der Waals surface area (Å²) in [5.41, 5.74) is 5.87. The molecule has 1 N–H and O–H groups in total. The van der Waals surface area contributed by atoms with Gasteiger partial charge in [-0.1, -0.05) is 29.0 Å². The van der Waals surface area contributed by atoms with E-state index in [4.69, 9.17) is 4.74 Å². The first-order valence-corrected chi connectivity index (χ1v) is 10.2. The standard InChI is InChI=1S/C23H27N5O2/c1-15-5-6-16(2)18(11-15)14-27(20-8-9-20)23(29)24-19-7-10-21(22(12-19)30-4)28-13-17(3)25-26-28/h5-7,10-13,20H,8-9,14H2,1-4H3,(H,24,29). The van der Waals surface area contributed by atoms with Crippen LogP contribution in [0.3, 0.4) is 0 Å². The number of nitrogens with one attached hydrogen (secondary N) is 1. The summed E-state index contributed by atoms with van der Waals surface area (Å²) in [6, 6.07) is 12.1. The predicted molar refractivity (Wildman–Crippen MR) is 116 cm³/mol. The van der Waals surface area contributed by atoms with E-state index in [9.17, 15) is 4.79 Å². The van der Waals surface area contributed by atoms with Crippen LogP contribution in [0.25, 0.3) is 5.69 Å². The van der Waals surface area contributed by atoms with Crippen LogP contribution >= 0.6 is 0 Å². The Morgan fingerprint density at radius 2 is 2.00 bits per heavy atom. The van der Waals surface area contributed by atoms with E-state index in [1.165, 1.54) is 16.7 Å². The van der Waals surface area contributed by atoms with E-state index >= 15 is 0 Å². The van der Waals surface area contributed by atoms with Crippen LogP contribution in [0.15, 0.2) is 42.6 Å². The number of aryl methyl sites for hydroxylation is 3. The summed E-state index contributed by atoms with van der Waals surface area (Å²) in [7, 11) is 1.60. The maximum atomic E-state index is 13.1. The molecule has 1 aromatic heterocycles. The van der Waals surface area contributed by atoms with Crippen LogP contribution in [0.5, 0.6) is 5.75 Å². The summed E-state index contributed by atoms with van der Waals surface area (Å²) in [5.74, 6) is 0.616. The van der Waals surface area contributed by atoms with Crippen molar-refractivity contribution < 1.29 is 9.53 Å². The van der Waals surface area contributed by atoms with Gasteiger partial charge in [-0.3, -0.25) is 0 Å². The van der Waals surface area contributed by atoms with Gasteiger partial charge in [-0.15, -0.1) is 5.10 Å². The van der Waals surface area contributed by atoms with Crippen LogP contribution in [0, 0.1) is 20.8 Å². The van der Waals surface area contributed by atoms with Crippen molar-refractivity contribution in [3.63, 3.8) is 0 Å². The molecule has 1 saturated carbocycles. The van der Waals surface area contributed by atoms with Gasteiger partial charge in [0.05, 0.1) is 19.0 Å². The van der Waals surface area contributed by atoms with Crippen molar-refractivity contribution in [2.75, 3.05) is 12.4 Å². The normalized spacial score (nSPS) is 13.2. The Bertz CT molecular complexity index is 1070. The largest absolute Gasteiger partial charge is 0.494 e. The van der Waals surface area contributed by atoms with Crippen LogP contribution in [-0.4, -0.2) is 39.1 Å². The minimum absolute atomic E-state index is 0.0928. The van der Waals surface area contributed by atoms with Gasteiger partial charge >= 0.3 is 6.03 Å². The molecule has 1 aliphatic rings. The smallest absolute Gasteiger partial charge is 0.322 e. The SMILES string of the molecule is COc1cc(NC(=O)N(Cc2cc(C)ccc2C)C2CC2)ccc1-n1cc(C)nn1. The molecule has 3 aromatic rings. The van der Waals surface area contributed by atoms with E-state index in [-0.39, 0.29) is 6.03 Å². The van der Waals surface area contributed by atoms with E-state index in [0.717, 1.165) is 24.2 Å². The molecule has 0 radical (unpaired) electrons. The first kappa shape index (κ1) is 19.9. The number of hydrogen-bond acceptors (Lipinski definition) is 4. The molecule has 0 unspecified atom stereocenters. The molecule has 7 heteroatoms. The summed E-state index contributed by atoms with van der Waals surface area (Å²) in [6.07, 6.45) is 3.92. The van der Waals surface area contributed by atoms with Crippen LogP contribution in [0.1, 0.15) is 35.2 Å². The highest BCUT2D eigenvalue weighted by Crippen LogP contribution is 2.31. The summed E-state index contributed by atoms with van der Waals surface area (Å²) in [4.78, 5) is 15.0. The van der Waals surface area contributed by atoms with Gasteiger partial charge in [-0.25, -0.2) is 9.48 Å². The lowest BCUT2D eigenvalue weighted by molar-refractivity contribution is 0.206. The molecule has 0 aliphatic heterocycles. The van der Waals surface area contributed by atoms with Crippen molar-refractivity contribution in [3.05, 3.63) is 65.0 Å². The molecule has 4 rings (SSSR count). The van der Waals surface area contributed by atoms with Gasteiger partial charge in [0.25, 0.3) is 0 Å².